The molecule has 0 atom stereocenters. The number of carbonyl (C=O) groups excluding carboxylic acids is 1. The molecule has 2 aliphatic heterocycles. The van der Waals surface area contributed by atoms with Gasteiger partial charge in [0.2, 0.25) is 0 Å². The number of hydrogen-bond donors (Lipinski definition) is 2. The van der Waals surface area contributed by atoms with E-state index in [9.17, 15) is 9.90 Å². The number of pyridine rings is 1. The number of benzene rings is 1. The van der Waals surface area contributed by atoms with Crippen LogP contribution < -0.4 is 4.90 Å². The zero-order chi connectivity index (χ0) is 26.4. The molecule has 2 aliphatic rings. The van der Waals surface area contributed by atoms with Crippen LogP contribution in [0.3, 0.4) is 0 Å². The first-order valence-electron chi connectivity index (χ1n) is 13.1. The van der Waals surface area contributed by atoms with Gasteiger partial charge in [0.15, 0.2) is 11.6 Å². The molecule has 2 fully saturated rings. The fraction of sp³-hybridized carbons (Fsp3) is 0.429. The van der Waals surface area contributed by atoms with Crippen molar-refractivity contribution in [2.45, 2.75) is 32.3 Å². The second kappa shape index (κ2) is 9.59. The Morgan fingerprint density at radius 1 is 1.05 bits per heavy atom. The van der Waals surface area contributed by atoms with Crippen LogP contribution in [0.4, 0.5) is 10.2 Å². The van der Waals surface area contributed by atoms with Crippen LogP contribution in [-0.4, -0.2) is 80.8 Å². The minimum atomic E-state index is -0.761. The average molecular weight is 519 g/mol. The Morgan fingerprint density at radius 2 is 1.82 bits per heavy atom. The molecule has 0 aliphatic carbocycles. The average Bonchev–Trinajstić information content (AvgIpc) is 3.40. The molecule has 0 saturated carbocycles. The van der Waals surface area contributed by atoms with Gasteiger partial charge in [-0.3, -0.25) is 4.79 Å². The van der Waals surface area contributed by atoms with E-state index in [-0.39, 0.29) is 17.6 Å². The Hall–Kier alpha value is -3.63. The van der Waals surface area contributed by atoms with Crippen molar-refractivity contribution in [3.8, 4) is 11.4 Å². The largest absolute Gasteiger partial charge is 0.390 e. The fourth-order valence-corrected chi connectivity index (χ4v) is 5.51. The van der Waals surface area contributed by atoms with Crippen molar-refractivity contribution in [2.24, 2.45) is 5.92 Å². The molecule has 9 nitrogen and oxygen atoms in total. The van der Waals surface area contributed by atoms with Gasteiger partial charge in [-0.2, -0.15) is 0 Å². The number of carbonyl (C=O) groups is 1. The van der Waals surface area contributed by atoms with E-state index in [1.165, 1.54) is 6.07 Å². The number of fused-ring (bicyclic) bond motifs is 2. The van der Waals surface area contributed by atoms with Gasteiger partial charge < -0.3 is 24.6 Å². The Kier molecular flexibility index (Phi) is 6.23. The van der Waals surface area contributed by atoms with Gasteiger partial charge in [0.05, 0.1) is 29.9 Å². The van der Waals surface area contributed by atoms with Crippen molar-refractivity contribution < 1.29 is 19.0 Å². The lowest BCUT2D eigenvalue weighted by Gasteiger charge is -2.37. The molecule has 0 bridgehead atoms. The number of ether oxygens (including phenoxy) is 1. The molecule has 1 amide bonds. The van der Waals surface area contributed by atoms with Gasteiger partial charge in [-0.15, -0.1) is 0 Å². The van der Waals surface area contributed by atoms with Gasteiger partial charge >= 0.3 is 0 Å². The van der Waals surface area contributed by atoms with E-state index in [1.807, 2.05) is 19.9 Å². The van der Waals surface area contributed by atoms with Crippen LogP contribution in [0.25, 0.3) is 33.3 Å². The maximum atomic E-state index is 15.1. The molecule has 38 heavy (non-hydrogen) atoms. The Balaban J connectivity index is 1.41. The number of H-pyrrole nitrogens is 1. The fourth-order valence-electron chi connectivity index (χ4n) is 5.51. The number of anilines is 1. The van der Waals surface area contributed by atoms with Crippen molar-refractivity contribution in [1.29, 1.82) is 0 Å². The first-order chi connectivity index (χ1) is 18.3. The standard InChI is InChI=1S/C28H31FN6O3/c1-28(2,37)17-8-11-35(12-9-17)27(36)22-6-5-21-24(31-22)26(34-13-15-38-16-14-34)33-25(32-21)23-18-7-10-30-20(18)4-3-19(23)29/h3-7,10,17,30,37H,8-9,11-16H2,1-2H3. The van der Waals surface area contributed by atoms with E-state index in [2.05, 4.69) is 9.88 Å². The van der Waals surface area contributed by atoms with Crippen LogP contribution in [0.1, 0.15) is 37.2 Å². The van der Waals surface area contributed by atoms with Gasteiger partial charge in [-0.25, -0.2) is 19.3 Å². The summed E-state index contributed by atoms with van der Waals surface area (Å²) in [6.45, 7) is 7.07. The molecule has 0 spiro atoms. The van der Waals surface area contributed by atoms with E-state index < -0.39 is 11.4 Å². The molecule has 1 aromatic carbocycles. The van der Waals surface area contributed by atoms with Crippen LogP contribution in [0.15, 0.2) is 36.5 Å². The summed E-state index contributed by atoms with van der Waals surface area (Å²) in [5, 5.41) is 11.1. The van der Waals surface area contributed by atoms with Crippen LogP contribution in [-0.2, 0) is 4.74 Å². The van der Waals surface area contributed by atoms with Gasteiger partial charge in [0.25, 0.3) is 5.91 Å². The molecular formula is C28H31FN6O3. The monoisotopic (exact) mass is 518 g/mol. The predicted octanol–water partition coefficient (Wildman–Crippen LogP) is 3.77. The number of likely N-dealkylation sites (tertiary alicyclic amines) is 1. The van der Waals surface area contributed by atoms with Crippen LogP contribution in [0.2, 0.25) is 0 Å². The number of piperidine rings is 1. The van der Waals surface area contributed by atoms with E-state index >= 15 is 4.39 Å². The molecule has 3 aromatic heterocycles. The van der Waals surface area contributed by atoms with Gasteiger partial charge in [0.1, 0.15) is 17.0 Å². The van der Waals surface area contributed by atoms with Gasteiger partial charge in [-0.05, 0) is 62.9 Å². The van der Waals surface area contributed by atoms with E-state index in [0.717, 1.165) is 18.4 Å². The van der Waals surface area contributed by atoms with E-state index in [4.69, 9.17) is 19.7 Å². The molecule has 10 heteroatoms. The quantitative estimate of drug-likeness (QED) is 0.423. The first kappa shape index (κ1) is 24.7. The highest BCUT2D eigenvalue weighted by Crippen LogP contribution is 2.33. The topological polar surface area (TPSA) is 107 Å². The number of amides is 1. The molecule has 0 unspecified atom stereocenters. The lowest BCUT2D eigenvalue weighted by molar-refractivity contribution is -0.0109. The van der Waals surface area contributed by atoms with Gasteiger partial charge in [0, 0.05) is 43.3 Å². The Labute approximate surface area is 219 Å². The van der Waals surface area contributed by atoms with E-state index in [1.54, 1.807) is 29.3 Å². The Bertz CT molecular complexity index is 1500. The molecule has 5 heterocycles. The van der Waals surface area contributed by atoms with Crippen molar-refractivity contribution >= 4 is 33.7 Å². The highest BCUT2D eigenvalue weighted by atomic mass is 19.1. The summed E-state index contributed by atoms with van der Waals surface area (Å²) in [6.07, 6.45) is 3.25. The van der Waals surface area contributed by atoms with Crippen LogP contribution in [0.5, 0.6) is 0 Å². The zero-order valence-corrected chi connectivity index (χ0v) is 21.6. The number of aromatic nitrogens is 4. The smallest absolute Gasteiger partial charge is 0.272 e. The molecule has 4 aromatic rings. The summed E-state index contributed by atoms with van der Waals surface area (Å²) in [5.74, 6) is 0.437. The van der Waals surface area contributed by atoms with Crippen molar-refractivity contribution in [3.05, 3.63) is 48.0 Å². The number of hydrogen-bond acceptors (Lipinski definition) is 7. The number of nitrogens with zero attached hydrogens (tertiary/aromatic N) is 5. The molecule has 2 N–H and O–H groups in total. The maximum absolute atomic E-state index is 15.1. The normalized spacial score (nSPS) is 17.5. The highest BCUT2D eigenvalue weighted by Gasteiger charge is 2.33. The summed E-state index contributed by atoms with van der Waals surface area (Å²) >= 11 is 0. The number of aliphatic hydroxyl groups is 1. The molecule has 6 rings (SSSR count). The maximum Gasteiger partial charge on any atom is 0.272 e. The summed E-state index contributed by atoms with van der Waals surface area (Å²) in [5.41, 5.74) is 1.74. The minimum absolute atomic E-state index is 0.152. The third-order valence-corrected chi connectivity index (χ3v) is 7.74. The van der Waals surface area contributed by atoms with Gasteiger partial charge in [-0.1, -0.05) is 0 Å². The first-order valence-corrected chi connectivity index (χ1v) is 13.1. The third kappa shape index (κ3) is 4.48. The number of rotatable bonds is 4. The summed E-state index contributed by atoms with van der Waals surface area (Å²) in [6, 6.07) is 8.37. The summed E-state index contributed by atoms with van der Waals surface area (Å²) < 4.78 is 20.7. The minimum Gasteiger partial charge on any atom is -0.390 e. The third-order valence-electron chi connectivity index (χ3n) is 7.74. The van der Waals surface area contributed by atoms with Crippen molar-refractivity contribution in [1.82, 2.24) is 24.8 Å². The zero-order valence-electron chi connectivity index (χ0n) is 21.6. The summed E-state index contributed by atoms with van der Waals surface area (Å²) in [7, 11) is 0. The number of halogens is 1. The van der Waals surface area contributed by atoms with Crippen molar-refractivity contribution in [3.63, 3.8) is 0 Å². The number of nitrogens with one attached hydrogen (secondary N) is 1. The number of morpholine rings is 1. The highest BCUT2D eigenvalue weighted by molar-refractivity contribution is 5.98. The second-order valence-electron chi connectivity index (χ2n) is 10.6. The summed E-state index contributed by atoms with van der Waals surface area (Å²) in [4.78, 5) is 34.7. The van der Waals surface area contributed by atoms with Crippen molar-refractivity contribution in [2.75, 3.05) is 44.3 Å². The van der Waals surface area contributed by atoms with Crippen LogP contribution >= 0.6 is 0 Å². The second-order valence-corrected chi connectivity index (χ2v) is 10.6. The lowest BCUT2D eigenvalue weighted by atomic mass is 9.83. The SMILES string of the molecule is CC(C)(O)C1CCN(C(=O)c2ccc3nc(-c4c(F)ccc5[nH]ccc45)nc(N4CCOCC4)c3n2)CC1. The predicted molar refractivity (Wildman–Crippen MR) is 143 cm³/mol. The Morgan fingerprint density at radius 3 is 2.55 bits per heavy atom. The molecule has 2 saturated heterocycles. The van der Waals surface area contributed by atoms with E-state index in [0.29, 0.717) is 72.9 Å². The molecule has 198 valence electrons. The lowest BCUT2D eigenvalue weighted by Crippen LogP contribution is -2.44. The molecule has 0 radical (unpaired) electrons. The van der Waals surface area contributed by atoms with Crippen LogP contribution in [0, 0.1) is 11.7 Å². The number of aromatic amines is 1. The molecular weight excluding hydrogens is 487 g/mol.